The fourth-order valence-corrected chi connectivity index (χ4v) is 3.51. The minimum absolute atomic E-state index is 0.0221. The van der Waals surface area contributed by atoms with E-state index in [9.17, 15) is 4.79 Å². The van der Waals surface area contributed by atoms with Gasteiger partial charge in [0.15, 0.2) is 0 Å². The molecule has 0 spiro atoms. The first-order chi connectivity index (χ1) is 10.4. The van der Waals surface area contributed by atoms with Crippen molar-refractivity contribution in [2.75, 3.05) is 0 Å². The van der Waals surface area contributed by atoms with E-state index in [-0.39, 0.29) is 17.5 Å². The van der Waals surface area contributed by atoms with Crippen LogP contribution in [0, 0.1) is 6.92 Å². The Morgan fingerprint density at radius 2 is 2.23 bits per heavy atom. The minimum Gasteiger partial charge on any atom is -0.344 e. The Kier molecular flexibility index (Phi) is 3.76. The van der Waals surface area contributed by atoms with Crippen LogP contribution in [-0.2, 0) is 12.0 Å². The van der Waals surface area contributed by atoms with E-state index in [1.165, 1.54) is 5.69 Å². The van der Waals surface area contributed by atoms with Gasteiger partial charge in [0.05, 0.1) is 23.5 Å². The second-order valence-electron chi connectivity index (χ2n) is 6.73. The van der Waals surface area contributed by atoms with Crippen LogP contribution in [0.25, 0.3) is 0 Å². The predicted molar refractivity (Wildman–Crippen MR) is 85.0 cm³/mol. The van der Waals surface area contributed by atoms with E-state index in [1.54, 1.807) is 0 Å². The zero-order valence-corrected chi connectivity index (χ0v) is 14.2. The average molecular weight is 319 g/mol. The van der Waals surface area contributed by atoms with E-state index in [0.717, 1.165) is 36.4 Å². The van der Waals surface area contributed by atoms with Gasteiger partial charge in [-0.15, -0.1) is 5.10 Å². The molecule has 0 fully saturated rings. The summed E-state index contributed by atoms with van der Waals surface area (Å²) in [6, 6.07) is 0.0221. The summed E-state index contributed by atoms with van der Waals surface area (Å²) in [5.74, 6) is -0.0890. The molecular weight excluding hydrogens is 298 g/mol. The Labute approximate surface area is 134 Å². The van der Waals surface area contributed by atoms with E-state index in [1.807, 2.05) is 13.1 Å². The first-order valence-electron chi connectivity index (χ1n) is 7.55. The SMILES string of the molecule is Cc1nnsc1C(=O)NC1CCCc2c1cnn2C(C)(C)C. The maximum atomic E-state index is 12.4. The van der Waals surface area contributed by atoms with Crippen molar-refractivity contribution in [2.24, 2.45) is 0 Å². The Morgan fingerprint density at radius 1 is 1.45 bits per heavy atom. The number of nitrogens with one attached hydrogen (secondary N) is 1. The zero-order chi connectivity index (χ0) is 15.9. The van der Waals surface area contributed by atoms with Crippen molar-refractivity contribution >= 4 is 17.4 Å². The van der Waals surface area contributed by atoms with Gasteiger partial charge in [0.1, 0.15) is 4.88 Å². The second kappa shape index (κ2) is 5.46. The first-order valence-corrected chi connectivity index (χ1v) is 8.32. The standard InChI is InChI=1S/C15H21N5OS/c1-9-13(22-19-18-9)14(21)17-11-6-5-7-12-10(11)8-16-20(12)15(2,3)4/h8,11H,5-7H2,1-4H3,(H,17,21). The summed E-state index contributed by atoms with van der Waals surface area (Å²) in [5.41, 5.74) is 3.02. The highest BCUT2D eigenvalue weighted by Gasteiger charge is 2.29. The van der Waals surface area contributed by atoms with Crippen LogP contribution >= 0.6 is 11.5 Å². The van der Waals surface area contributed by atoms with Crippen molar-refractivity contribution in [1.82, 2.24) is 24.7 Å². The van der Waals surface area contributed by atoms with E-state index < -0.39 is 0 Å². The first kappa shape index (κ1) is 15.1. The normalized spacial score (nSPS) is 18.1. The molecule has 0 saturated heterocycles. The van der Waals surface area contributed by atoms with E-state index >= 15 is 0 Å². The molecule has 3 rings (SSSR count). The lowest BCUT2D eigenvalue weighted by Gasteiger charge is -2.28. The average Bonchev–Trinajstić information content (AvgIpc) is 3.04. The summed E-state index contributed by atoms with van der Waals surface area (Å²) >= 11 is 1.14. The van der Waals surface area contributed by atoms with Gasteiger partial charge in [0, 0.05) is 11.3 Å². The lowest BCUT2D eigenvalue weighted by Crippen LogP contribution is -2.32. The highest BCUT2D eigenvalue weighted by molar-refractivity contribution is 7.08. The molecule has 118 valence electrons. The van der Waals surface area contributed by atoms with Crippen LogP contribution in [0.4, 0.5) is 0 Å². The summed E-state index contributed by atoms with van der Waals surface area (Å²) < 4.78 is 5.91. The highest BCUT2D eigenvalue weighted by atomic mass is 32.1. The van der Waals surface area contributed by atoms with Crippen molar-refractivity contribution in [1.29, 1.82) is 0 Å². The molecule has 1 N–H and O–H groups in total. The summed E-state index contributed by atoms with van der Waals surface area (Å²) in [6.45, 7) is 8.25. The van der Waals surface area contributed by atoms with Crippen molar-refractivity contribution in [3.63, 3.8) is 0 Å². The smallest absolute Gasteiger partial charge is 0.265 e. The van der Waals surface area contributed by atoms with Crippen molar-refractivity contribution in [2.45, 2.75) is 58.5 Å². The van der Waals surface area contributed by atoms with Crippen LogP contribution in [0.5, 0.6) is 0 Å². The number of fused-ring (bicyclic) bond motifs is 1. The third-order valence-electron chi connectivity index (χ3n) is 3.98. The van der Waals surface area contributed by atoms with Crippen LogP contribution < -0.4 is 5.32 Å². The molecule has 0 aromatic carbocycles. The molecule has 0 radical (unpaired) electrons. The van der Waals surface area contributed by atoms with Crippen molar-refractivity contribution < 1.29 is 4.79 Å². The number of rotatable bonds is 2. The largest absolute Gasteiger partial charge is 0.344 e. The number of nitrogens with zero attached hydrogens (tertiary/aromatic N) is 4. The van der Waals surface area contributed by atoms with Crippen LogP contribution in [-0.4, -0.2) is 25.3 Å². The fourth-order valence-electron chi connectivity index (χ4n) is 2.95. The molecule has 0 bridgehead atoms. The van der Waals surface area contributed by atoms with Crippen molar-refractivity contribution in [3.8, 4) is 0 Å². The van der Waals surface area contributed by atoms with Gasteiger partial charge in [-0.1, -0.05) is 4.49 Å². The van der Waals surface area contributed by atoms with Crippen molar-refractivity contribution in [3.05, 3.63) is 28.0 Å². The molecule has 2 heterocycles. The third-order valence-corrected chi connectivity index (χ3v) is 4.81. The third kappa shape index (κ3) is 2.65. The molecule has 1 aliphatic rings. The zero-order valence-electron chi connectivity index (χ0n) is 13.4. The Balaban J connectivity index is 1.85. The number of aryl methyl sites for hydroxylation is 1. The van der Waals surface area contributed by atoms with Gasteiger partial charge in [-0.3, -0.25) is 9.48 Å². The summed E-state index contributed by atoms with van der Waals surface area (Å²) in [6.07, 6.45) is 4.92. The molecule has 1 amide bonds. The van der Waals surface area contributed by atoms with Gasteiger partial charge in [-0.05, 0) is 58.5 Å². The molecule has 1 atom stereocenters. The van der Waals surface area contributed by atoms with E-state index in [2.05, 4.69) is 45.5 Å². The predicted octanol–water partition coefficient (Wildman–Crippen LogP) is 2.61. The number of carbonyl (C=O) groups excluding carboxylic acids is 1. The second-order valence-corrected chi connectivity index (χ2v) is 7.49. The van der Waals surface area contributed by atoms with Crippen LogP contribution in [0.2, 0.25) is 0 Å². The Hall–Kier alpha value is -1.76. The van der Waals surface area contributed by atoms with Crippen LogP contribution in [0.15, 0.2) is 6.20 Å². The number of hydrogen-bond donors (Lipinski definition) is 1. The number of carbonyl (C=O) groups is 1. The number of aromatic nitrogens is 4. The van der Waals surface area contributed by atoms with Gasteiger partial charge in [-0.2, -0.15) is 5.10 Å². The summed E-state index contributed by atoms with van der Waals surface area (Å²) in [4.78, 5) is 13.0. The summed E-state index contributed by atoms with van der Waals surface area (Å²) in [5, 5.41) is 11.6. The molecule has 22 heavy (non-hydrogen) atoms. The fraction of sp³-hybridized carbons (Fsp3) is 0.600. The van der Waals surface area contributed by atoms with E-state index in [4.69, 9.17) is 0 Å². The number of hydrogen-bond acceptors (Lipinski definition) is 5. The molecule has 2 aromatic heterocycles. The molecule has 6 nitrogen and oxygen atoms in total. The summed E-state index contributed by atoms with van der Waals surface area (Å²) in [7, 11) is 0. The van der Waals surface area contributed by atoms with Gasteiger partial charge >= 0.3 is 0 Å². The monoisotopic (exact) mass is 319 g/mol. The highest BCUT2D eigenvalue weighted by Crippen LogP contribution is 2.32. The van der Waals surface area contributed by atoms with Gasteiger partial charge in [-0.25, -0.2) is 0 Å². The minimum atomic E-state index is -0.0890. The molecule has 0 aliphatic heterocycles. The maximum Gasteiger partial charge on any atom is 0.265 e. The lowest BCUT2D eigenvalue weighted by molar-refractivity contribution is 0.0936. The van der Waals surface area contributed by atoms with Gasteiger partial charge < -0.3 is 5.32 Å². The lowest BCUT2D eigenvalue weighted by atomic mass is 9.92. The Morgan fingerprint density at radius 3 is 2.86 bits per heavy atom. The van der Waals surface area contributed by atoms with Crippen LogP contribution in [0.3, 0.4) is 0 Å². The molecular formula is C15H21N5OS. The number of amides is 1. The molecule has 0 saturated carbocycles. The molecule has 1 aliphatic carbocycles. The van der Waals surface area contributed by atoms with Crippen LogP contribution in [0.1, 0.15) is 66.3 Å². The quantitative estimate of drug-likeness (QED) is 0.923. The molecule has 7 heteroatoms. The van der Waals surface area contributed by atoms with E-state index in [0.29, 0.717) is 10.6 Å². The molecule has 1 unspecified atom stereocenters. The van der Waals surface area contributed by atoms with Gasteiger partial charge in [0.25, 0.3) is 5.91 Å². The maximum absolute atomic E-state index is 12.4. The van der Waals surface area contributed by atoms with Gasteiger partial charge in [0.2, 0.25) is 0 Å². The topological polar surface area (TPSA) is 72.7 Å². The molecule has 2 aromatic rings. The Bertz CT molecular complexity index is 697.